The molecule has 2 rings (SSSR count). The lowest BCUT2D eigenvalue weighted by molar-refractivity contribution is 0.485. The fourth-order valence-corrected chi connectivity index (χ4v) is 2.27. The van der Waals surface area contributed by atoms with Gasteiger partial charge in [0.15, 0.2) is 0 Å². The van der Waals surface area contributed by atoms with Crippen molar-refractivity contribution in [3.63, 3.8) is 0 Å². The molecule has 0 aliphatic rings. The summed E-state index contributed by atoms with van der Waals surface area (Å²) in [6, 6.07) is 0.311. The van der Waals surface area contributed by atoms with Crippen molar-refractivity contribution in [2.75, 3.05) is 6.54 Å². The summed E-state index contributed by atoms with van der Waals surface area (Å²) in [4.78, 5) is 4.34. The van der Waals surface area contributed by atoms with E-state index in [1.165, 1.54) is 11.3 Å². The van der Waals surface area contributed by atoms with E-state index in [0.717, 1.165) is 18.9 Å². The molecule has 0 saturated carbocycles. The molecule has 2 aromatic rings. The Labute approximate surface area is 126 Å². The summed E-state index contributed by atoms with van der Waals surface area (Å²) in [7, 11) is 0. The van der Waals surface area contributed by atoms with E-state index in [2.05, 4.69) is 55.1 Å². The SMILES string of the molecule is Cc1c(CNCC(C)C)cnn1Cc1ncnn1C(C)C. The molecule has 2 heterocycles. The van der Waals surface area contributed by atoms with Crippen LogP contribution < -0.4 is 5.32 Å². The second-order valence-corrected chi connectivity index (χ2v) is 6.15. The van der Waals surface area contributed by atoms with Crippen LogP contribution in [0.3, 0.4) is 0 Å². The van der Waals surface area contributed by atoms with Crippen molar-refractivity contribution >= 4 is 0 Å². The molecule has 0 bridgehead atoms. The summed E-state index contributed by atoms with van der Waals surface area (Å²) in [5, 5.41) is 12.2. The molecule has 1 N–H and O–H groups in total. The van der Waals surface area contributed by atoms with Gasteiger partial charge in [-0.1, -0.05) is 13.8 Å². The van der Waals surface area contributed by atoms with Gasteiger partial charge in [-0.05, 0) is 33.2 Å². The van der Waals surface area contributed by atoms with Crippen LogP contribution in [0.1, 0.15) is 50.8 Å². The molecule has 0 spiro atoms. The van der Waals surface area contributed by atoms with Gasteiger partial charge in [-0.2, -0.15) is 10.2 Å². The molecule has 2 aromatic heterocycles. The highest BCUT2D eigenvalue weighted by Gasteiger charge is 2.12. The van der Waals surface area contributed by atoms with Gasteiger partial charge in [0.05, 0.1) is 6.20 Å². The van der Waals surface area contributed by atoms with E-state index >= 15 is 0 Å². The Balaban J connectivity index is 2.04. The molecule has 0 fully saturated rings. The highest BCUT2D eigenvalue weighted by molar-refractivity contribution is 5.16. The van der Waals surface area contributed by atoms with Crippen LogP contribution in [0.15, 0.2) is 12.5 Å². The van der Waals surface area contributed by atoms with E-state index in [9.17, 15) is 0 Å². The van der Waals surface area contributed by atoms with Crippen LogP contribution in [-0.2, 0) is 13.1 Å². The molecule has 0 amide bonds. The van der Waals surface area contributed by atoms with Crippen LogP contribution in [0.4, 0.5) is 0 Å². The third-order valence-corrected chi connectivity index (χ3v) is 3.50. The Hall–Kier alpha value is -1.69. The zero-order valence-corrected chi connectivity index (χ0v) is 13.7. The lowest BCUT2D eigenvalue weighted by atomic mass is 10.2. The van der Waals surface area contributed by atoms with Gasteiger partial charge in [0, 0.05) is 23.8 Å². The van der Waals surface area contributed by atoms with E-state index in [4.69, 9.17) is 0 Å². The van der Waals surface area contributed by atoms with Gasteiger partial charge in [0.25, 0.3) is 0 Å². The number of nitrogens with zero attached hydrogens (tertiary/aromatic N) is 5. The molecule has 6 heteroatoms. The monoisotopic (exact) mass is 290 g/mol. The highest BCUT2D eigenvalue weighted by Crippen LogP contribution is 2.11. The molecule has 116 valence electrons. The van der Waals surface area contributed by atoms with E-state index in [1.807, 2.05) is 15.6 Å². The number of rotatable bonds is 7. The molecular weight excluding hydrogens is 264 g/mol. The average Bonchev–Trinajstić information content (AvgIpc) is 3.00. The number of hydrogen-bond acceptors (Lipinski definition) is 4. The standard InChI is InChI=1S/C15H26N6/c1-11(2)6-16-7-14-8-18-20(13(14)5)9-15-17-10-19-21(15)12(3)4/h8,10-12,16H,6-7,9H2,1-5H3. The first-order valence-corrected chi connectivity index (χ1v) is 7.59. The summed E-state index contributed by atoms with van der Waals surface area (Å²) in [6.45, 7) is 13.3. The summed E-state index contributed by atoms with van der Waals surface area (Å²) in [5.41, 5.74) is 2.43. The molecule has 6 nitrogen and oxygen atoms in total. The predicted octanol–water partition coefficient (Wildman–Crippen LogP) is 2.16. The zero-order valence-electron chi connectivity index (χ0n) is 13.7. The smallest absolute Gasteiger partial charge is 0.148 e. The van der Waals surface area contributed by atoms with E-state index in [-0.39, 0.29) is 0 Å². The van der Waals surface area contributed by atoms with Crippen LogP contribution in [-0.4, -0.2) is 31.1 Å². The lowest BCUT2D eigenvalue weighted by Crippen LogP contribution is -2.19. The van der Waals surface area contributed by atoms with Crippen molar-refractivity contribution in [1.29, 1.82) is 0 Å². The van der Waals surface area contributed by atoms with Gasteiger partial charge < -0.3 is 5.32 Å². The lowest BCUT2D eigenvalue weighted by Gasteiger charge is -2.11. The quantitative estimate of drug-likeness (QED) is 0.849. The van der Waals surface area contributed by atoms with Gasteiger partial charge >= 0.3 is 0 Å². The number of hydrogen-bond donors (Lipinski definition) is 1. The van der Waals surface area contributed by atoms with Crippen LogP contribution >= 0.6 is 0 Å². The summed E-state index contributed by atoms with van der Waals surface area (Å²) < 4.78 is 3.94. The summed E-state index contributed by atoms with van der Waals surface area (Å²) >= 11 is 0. The maximum atomic E-state index is 4.48. The van der Waals surface area contributed by atoms with Crippen LogP contribution in [0.25, 0.3) is 0 Å². The van der Waals surface area contributed by atoms with Gasteiger partial charge in [-0.3, -0.25) is 4.68 Å². The fourth-order valence-electron chi connectivity index (χ4n) is 2.27. The Morgan fingerprint density at radius 1 is 1.19 bits per heavy atom. The normalized spacial score (nSPS) is 11.8. The minimum absolute atomic E-state index is 0.311. The minimum atomic E-state index is 0.311. The highest BCUT2D eigenvalue weighted by atomic mass is 15.4. The van der Waals surface area contributed by atoms with Crippen LogP contribution in [0.2, 0.25) is 0 Å². The molecule has 0 aliphatic heterocycles. The molecule has 0 aliphatic carbocycles. The number of nitrogens with one attached hydrogen (secondary N) is 1. The molecule has 0 unspecified atom stereocenters. The predicted molar refractivity (Wildman–Crippen MR) is 83.0 cm³/mol. The molecule has 0 atom stereocenters. The molecule has 0 aromatic carbocycles. The van der Waals surface area contributed by atoms with Gasteiger partial charge in [-0.25, -0.2) is 9.67 Å². The second kappa shape index (κ2) is 6.85. The third kappa shape index (κ3) is 3.91. The van der Waals surface area contributed by atoms with Crippen molar-refractivity contribution in [1.82, 2.24) is 29.9 Å². The van der Waals surface area contributed by atoms with E-state index in [0.29, 0.717) is 18.5 Å². The van der Waals surface area contributed by atoms with E-state index in [1.54, 1.807) is 6.33 Å². The molecule has 21 heavy (non-hydrogen) atoms. The van der Waals surface area contributed by atoms with Gasteiger partial charge in [0.2, 0.25) is 0 Å². The second-order valence-electron chi connectivity index (χ2n) is 6.15. The Kier molecular flexibility index (Phi) is 5.12. The van der Waals surface area contributed by atoms with Crippen molar-refractivity contribution in [2.24, 2.45) is 5.92 Å². The molecule has 0 radical (unpaired) electrons. The average molecular weight is 290 g/mol. The fraction of sp³-hybridized carbons (Fsp3) is 0.667. The van der Waals surface area contributed by atoms with Crippen LogP contribution in [0.5, 0.6) is 0 Å². The van der Waals surface area contributed by atoms with Gasteiger partial charge in [-0.15, -0.1) is 0 Å². The summed E-state index contributed by atoms with van der Waals surface area (Å²) in [6.07, 6.45) is 3.55. The first-order chi connectivity index (χ1) is 9.99. The van der Waals surface area contributed by atoms with E-state index < -0.39 is 0 Å². The first kappa shape index (κ1) is 15.7. The Bertz CT molecular complexity index is 566. The Morgan fingerprint density at radius 3 is 2.62 bits per heavy atom. The largest absolute Gasteiger partial charge is 0.312 e. The number of aromatic nitrogens is 5. The van der Waals surface area contributed by atoms with Crippen LogP contribution in [0, 0.1) is 12.8 Å². The van der Waals surface area contributed by atoms with Crippen molar-refractivity contribution in [3.8, 4) is 0 Å². The summed E-state index contributed by atoms with van der Waals surface area (Å²) in [5.74, 6) is 1.60. The molecular formula is C15H26N6. The third-order valence-electron chi connectivity index (χ3n) is 3.50. The maximum absolute atomic E-state index is 4.48. The maximum Gasteiger partial charge on any atom is 0.148 e. The molecule has 0 saturated heterocycles. The zero-order chi connectivity index (χ0) is 15.4. The topological polar surface area (TPSA) is 60.6 Å². The van der Waals surface area contributed by atoms with Gasteiger partial charge in [0.1, 0.15) is 18.7 Å². The van der Waals surface area contributed by atoms with Crippen molar-refractivity contribution in [2.45, 2.75) is 53.8 Å². The van der Waals surface area contributed by atoms with Crippen molar-refractivity contribution < 1.29 is 0 Å². The first-order valence-electron chi connectivity index (χ1n) is 7.59. The minimum Gasteiger partial charge on any atom is -0.312 e. The van der Waals surface area contributed by atoms with Crippen molar-refractivity contribution in [3.05, 3.63) is 29.6 Å². The Morgan fingerprint density at radius 2 is 1.95 bits per heavy atom.